The van der Waals surface area contributed by atoms with E-state index in [1.54, 1.807) is 0 Å². The maximum atomic E-state index is 13.2. The van der Waals surface area contributed by atoms with Gasteiger partial charge in [-0.1, -0.05) is 19.3 Å². The Hall–Kier alpha value is -1.00. The zero-order valence-electron chi connectivity index (χ0n) is 12.0. The molecule has 1 aromatic rings. The van der Waals surface area contributed by atoms with Crippen LogP contribution < -0.4 is 5.73 Å². The second kappa shape index (κ2) is 7.70. The first-order valence-corrected chi connectivity index (χ1v) is 7.59. The Morgan fingerprint density at radius 3 is 2.10 bits per heavy atom. The molecule has 1 atom stereocenters. The Labute approximate surface area is 120 Å². The molecular formula is C16H24F2N2. The number of halogens is 2. The van der Waals surface area contributed by atoms with Crippen molar-refractivity contribution in [1.29, 1.82) is 0 Å². The van der Waals surface area contributed by atoms with Crippen molar-refractivity contribution in [2.24, 2.45) is 5.73 Å². The van der Waals surface area contributed by atoms with Gasteiger partial charge in [0.05, 0.1) is 0 Å². The number of likely N-dealkylation sites (tertiary alicyclic amines) is 1. The molecule has 4 heteroatoms. The van der Waals surface area contributed by atoms with Crippen molar-refractivity contribution in [3.63, 3.8) is 0 Å². The molecule has 2 rings (SSSR count). The van der Waals surface area contributed by atoms with E-state index in [-0.39, 0.29) is 6.04 Å². The highest BCUT2D eigenvalue weighted by Gasteiger charge is 2.13. The second-order valence-electron chi connectivity index (χ2n) is 5.71. The molecule has 2 nitrogen and oxygen atoms in total. The van der Waals surface area contributed by atoms with Crippen LogP contribution in [-0.4, -0.2) is 24.5 Å². The molecule has 1 aliphatic rings. The molecule has 1 unspecified atom stereocenters. The highest BCUT2D eigenvalue weighted by Crippen LogP contribution is 2.18. The predicted octanol–water partition coefficient (Wildman–Crippen LogP) is 3.62. The molecule has 0 aromatic heterocycles. The van der Waals surface area contributed by atoms with Crippen LogP contribution in [0.5, 0.6) is 0 Å². The predicted molar refractivity (Wildman–Crippen MR) is 77.4 cm³/mol. The van der Waals surface area contributed by atoms with Crippen molar-refractivity contribution in [2.45, 2.75) is 44.6 Å². The van der Waals surface area contributed by atoms with Gasteiger partial charge in [0.2, 0.25) is 0 Å². The summed E-state index contributed by atoms with van der Waals surface area (Å²) in [6.07, 6.45) is 7.17. The average molecular weight is 282 g/mol. The van der Waals surface area contributed by atoms with Crippen molar-refractivity contribution in [3.05, 3.63) is 35.4 Å². The smallest absolute Gasteiger partial charge is 0.126 e. The number of nitrogens with two attached hydrogens (primary N) is 1. The van der Waals surface area contributed by atoms with Crippen LogP contribution in [0.15, 0.2) is 18.2 Å². The van der Waals surface area contributed by atoms with Gasteiger partial charge in [-0.25, -0.2) is 8.78 Å². The van der Waals surface area contributed by atoms with Crippen molar-refractivity contribution in [2.75, 3.05) is 19.6 Å². The van der Waals surface area contributed by atoms with Gasteiger partial charge < -0.3 is 10.6 Å². The maximum absolute atomic E-state index is 13.2. The quantitative estimate of drug-likeness (QED) is 0.914. The van der Waals surface area contributed by atoms with Crippen LogP contribution in [0.25, 0.3) is 0 Å². The fourth-order valence-corrected chi connectivity index (χ4v) is 2.81. The van der Waals surface area contributed by atoms with Crippen molar-refractivity contribution < 1.29 is 8.78 Å². The number of hydrogen-bond donors (Lipinski definition) is 1. The minimum Gasteiger partial charge on any atom is -0.324 e. The molecule has 0 saturated carbocycles. The van der Waals surface area contributed by atoms with Crippen molar-refractivity contribution in [3.8, 4) is 0 Å². The fourth-order valence-electron chi connectivity index (χ4n) is 2.81. The van der Waals surface area contributed by atoms with Gasteiger partial charge in [0.1, 0.15) is 11.6 Å². The minimum absolute atomic E-state index is 0.300. The van der Waals surface area contributed by atoms with Gasteiger partial charge in [0, 0.05) is 12.1 Å². The second-order valence-corrected chi connectivity index (χ2v) is 5.71. The van der Waals surface area contributed by atoms with Gasteiger partial charge in [0.25, 0.3) is 0 Å². The third kappa shape index (κ3) is 4.84. The van der Waals surface area contributed by atoms with Gasteiger partial charge in [-0.15, -0.1) is 0 Å². The Morgan fingerprint density at radius 1 is 0.950 bits per heavy atom. The van der Waals surface area contributed by atoms with Crippen LogP contribution in [0.1, 0.15) is 50.1 Å². The lowest BCUT2D eigenvalue weighted by molar-refractivity contribution is 0.239. The molecule has 1 aliphatic heterocycles. The standard InChI is InChI=1S/C16H24F2N2/c17-14-10-13(11-15(18)12-14)16(19)6-9-20-7-4-2-1-3-5-8-20/h10-12,16H,1-9,19H2. The third-order valence-electron chi connectivity index (χ3n) is 4.02. The van der Waals surface area contributed by atoms with Crippen LogP contribution >= 0.6 is 0 Å². The summed E-state index contributed by atoms with van der Waals surface area (Å²) in [5.41, 5.74) is 6.61. The number of benzene rings is 1. The summed E-state index contributed by atoms with van der Waals surface area (Å²) < 4.78 is 26.4. The first kappa shape index (κ1) is 15.4. The summed E-state index contributed by atoms with van der Waals surface area (Å²) >= 11 is 0. The zero-order valence-corrected chi connectivity index (χ0v) is 12.0. The van der Waals surface area contributed by atoms with Gasteiger partial charge >= 0.3 is 0 Å². The Bertz CT molecular complexity index is 395. The molecule has 0 amide bonds. The Balaban J connectivity index is 1.85. The lowest BCUT2D eigenvalue weighted by Crippen LogP contribution is -2.30. The van der Waals surface area contributed by atoms with Crippen LogP contribution in [0.4, 0.5) is 8.78 Å². The summed E-state index contributed by atoms with van der Waals surface area (Å²) in [6, 6.07) is 3.25. The molecule has 1 fully saturated rings. The normalized spacial score (nSPS) is 19.4. The summed E-state index contributed by atoms with van der Waals surface area (Å²) in [7, 11) is 0. The molecular weight excluding hydrogens is 258 g/mol. The van der Waals surface area contributed by atoms with Crippen LogP contribution in [0.3, 0.4) is 0 Å². The van der Waals surface area contributed by atoms with E-state index in [9.17, 15) is 8.78 Å². The summed E-state index contributed by atoms with van der Waals surface area (Å²) in [4.78, 5) is 2.43. The molecule has 20 heavy (non-hydrogen) atoms. The van der Waals surface area contributed by atoms with Crippen LogP contribution in [0.2, 0.25) is 0 Å². The lowest BCUT2D eigenvalue weighted by atomic mass is 10.0. The van der Waals surface area contributed by atoms with Crippen LogP contribution in [0, 0.1) is 11.6 Å². The molecule has 0 aliphatic carbocycles. The first-order valence-electron chi connectivity index (χ1n) is 7.59. The molecule has 0 radical (unpaired) electrons. The number of hydrogen-bond acceptors (Lipinski definition) is 2. The topological polar surface area (TPSA) is 29.3 Å². The Kier molecular flexibility index (Phi) is 5.92. The van der Waals surface area contributed by atoms with Gasteiger partial charge in [-0.3, -0.25) is 0 Å². The number of nitrogens with zero attached hydrogens (tertiary/aromatic N) is 1. The summed E-state index contributed by atoms with van der Waals surface area (Å²) in [5.74, 6) is -1.11. The summed E-state index contributed by atoms with van der Waals surface area (Å²) in [5, 5.41) is 0. The SMILES string of the molecule is NC(CCN1CCCCCCC1)c1cc(F)cc(F)c1. The fraction of sp³-hybridized carbons (Fsp3) is 0.625. The van der Waals surface area contributed by atoms with Crippen molar-refractivity contribution >= 4 is 0 Å². The van der Waals surface area contributed by atoms with E-state index >= 15 is 0 Å². The molecule has 1 aromatic carbocycles. The van der Waals surface area contributed by atoms with E-state index in [1.807, 2.05) is 0 Å². The average Bonchev–Trinajstić information content (AvgIpc) is 2.36. The molecule has 1 saturated heterocycles. The van der Waals surface area contributed by atoms with Gasteiger partial charge in [-0.05, 0) is 56.6 Å². The summed E-state index contributed by atoms with van der Waals surface area (Å²) in [6.45, 7) is 3.13. The molecule has 1 heterocycles. The van der Waals surface area contributed by atoms with E-state index < -0.39 is 11.6 Å². The van der Waals surface area contributed by atoms with E-state index in [4.69, 9.17) is 5.73 Å². The first-order chi connectivity index (χ1) is 9.65. The van der Waals surface area contributed by atoms with E-state index in [2.05, 4.69) is 4.90 Å². The largest absolute Gasteiger partial charge is 0.324 e. The Morgan fingerprint density at radius 2 is 1.50 bits per heavy atom. The maximum Gasteiger partial charge on any atom is 0.126 e. The molecule has 2 N–H and O–H groups in total. The molecule has 112 valence electrons. The van der Waals surface area contributed by atoms with Crippen LogP contribution in [-0.2, 0) is 0 Å². The lowest BCUT2D eigenvalue weighted by Gasteiger charge is -2.25. The van der Waals surface area contributed by atoms with Gasteiger partial charge in [-0.2, -0.15) is 0 Å². The van der Waals surface area contributed by atoms with E-state index in [0.717, 1.165) is 32.1 Å². The highest BCUT2D eigenvalue weighted by atomic mass is 19.1. The van der Waals surface area contributed by atoms with E-state index in [0.29, 0.717) is 5.56 Å². The monoisotopic (exact) mass is 282 g/mol. The minimum atomic E-state index is -0.554. The van der Waals surface area contributed by atoms with Gasteiger partial charge in [0.15, 0.2) is 0 Å². The molecule has 0 bridgehead atoms. The number of rotatable bonds is 4. The molecule has 0 spiro atoms. The third-order valence-corrected chi connectivity index (χ3v) is 4.02. The zero-order chi connectivity index (χ0) is 14.4. The highest BCUT2D eigenvalue weighted by molar-refractivity contribution is 5.21. The van der Waals surface area contributed by atoms with Crippen molar-refractivity contribution in [1.82, 2.24) is 4.90 Å². The van der Waals surface area contributed by atoms with E-state index in [1.165, 1.54) is 44.2 Å².